The summed E-state index contributed by atoms with van der Waals surface area (Å²) in [7, 11) is 0. The fourth-order valence-electron chi connectivity index (χ4n) is 1.57. The molecule has 0 aromatic rings. The summed E-state index contributed by atoms with van der Waals surface area (Å²) in [5.74, 6) is 0.723. The van der Waals surface area contributed by atoms with Crippen LogP contribution in [-0.2, 0) is 4.74 Å². The molecule has 1 aliphatic heterocycles. The van der Waals surface area contributed by atoms with Crippen LogP contribution in [0.2, 0.25) is 0 Å². The Hall–Kier alpha value is -0.460. The highest BCUT2D eigenvalue weighted by molar-refractivity contribution is 5.02. The lowest BCUT2D eigenvalue weighted by Gasteiger charge is -2.26. The van der Waals surface area contributed by atoms with Gasteiger partial charge in [-0.05, 0) is 31.3 Å². The number of hydrogen-bond donors (Lipinski definition) is 0. The van der Waals surface area contributed by atoms with Crippen molar-refractivity contribution in [1.82, 2.24) is 0 Å². The Morgan fingerprint density at radius 2 is 2.33 bits per heavy atom. The zero-order valence-corrected chi connectivity index (χ0v) is 8.47. The van der Waals surface area contributed by atoms with Gasteiger partial charge >= 0.3 is 0 Å². The summed E-state index contributed by atoms with van der Waals surface area (Å²) in [5, 5.41) is 0. The number of ether oxygens (including phenoxy) is 1. The Kier molecular flexibility index (Phi) is 3.64. The Morgan fingerprint density at radius 3 is 2.92 bits per heavy atom. The van der Waals surface area contributed by atoms with E-state index in [0.717, 1.165) is 5.92 Å². The van der Waals surface area contributed by atoms with Crippen molar-refractivity contribution in [3.05, 3.63) is 11.8 Å². The van der Waals surface area contributed by atoms with Crippen molar-refractivity contribution in [1.29, 1.82) is 0 Å². The molecule has 70 valence electrons. The second-order valence-electron chi connectivity index (χ2n) is 3.90. The van der Waals surface area contributed by atoms with E-state index in [1.54, 1.807) is 0 Å². The van der Waals surface area contributed by atoms with Crippen molar-refractivity contribution < 1.29 is 4.74 Å². The van der Waals surface area contributed by atoms with Crippen molar-refractivity contribution in [3.8, 4) is 0 Å². The predicted molar refractivity (Wildman–Crippen MR) is 51.9 cm³/mol. The molecule has 0 amide bonds. The molecule has 0 fully saturated rings. The van der Waals surface area contributed by atoms with Crippen molar-refractivity contribution >= 4 is 0 Å². The van der Waals surface area contributed by atoms with Crippen LogP contribution in [0.1, 0.15) is 46.5 Å². The van der Waals surface area contributed by atoms with Crippen LogP contribution in [0.25, 0.3) is 0 Å². The molecule has 12 heavy (non-hydrogen) atoms. The first kappa shape index (κ1) is 9.63. The molecule has 0 aliphatic carbocycles. The van der Waals surface area contributed by atoms with E-state index in [9.17, 15) is 0 Å². The first-order chi connectivity index (χ1) is 5.74. The van der Waals surface area contributed by atoms with E-state index in [0.29, 0.717) is 6.10 Å². The maximum Gasteiger partial charge on any atom is 0.0984 e. The molecule has 1 heterocycles. The lowest BCUT2D eigenvalue weighted by molar-refractivity contribution is 0.0934. The number of unbranched alkanes of at least 4 members (excludes halogenated alkanes) is 1. The van der Waals surface area contributed by atoms with Crippen LogP contribution < -0.4 is 0 Å². The Morgan fingerprint density at radius 1 is 1.58 bits per heavy atom. The maximum atomic E-state index is 5.60. The normalized spacial score (nSPS) is 29.4. The summed E-state index contributed by atoms with van der Waals surface area (Å²) in [6, 6.07) is 0. The molecule has 0 radical (unpaired) electrons. The second-order valence-corrected chi connectivity index (χ2v) is 3.90. The Bertz CT molecular complexity index is 160. The van der Waals surface area contributed by atoms with Gasteiger partial charge in [0.2, 0.25) is 0 Å². The lowest BCUT2D eigenvalue weighted by atomic mass is 9.93. The highest BCUT2D eigenvalue weighted by Gasteiger charge is 2.18. The Labute approximate surface area is 75.8 Å². The lowest BCUT2D eigenvalue weighted by Crippen LogP contribution is -2.19. The molecule has 1 heteroatoms. The molecule has 2 atom stereocenters. The van der Waals surface area contributed by atoms with Gasteiger partial charge in [-0.15, -0.1) is 0 Å². The van der Waals surface area contributed by atoms with Gasteiger partial charge in [0.15, 0.2) is 0 Å². The van der Waals surface area contributed by atoms with Gasteiger partial charge in [-0.2, -0.15) is 0 Å². The van der Waals surface area contributed by atoms with Crippen molar-refractivity contribution in [2.24, 2.45) is 5.92 Å². The Balaban J connectivity index is 2.32. The van der Waals surface area contributed by atoms with Crippen molar-refractivity contribution in [2.75, 3.05) is 0 Å². The summed E-state index contributed by atoms with van der Waals surface area (Å²) in [4.78, 5) is 0. The molecule has 0 N–H and O–H groups in total. The number of allylic oxidation sites excluding steroid dienone is 1. The van der Waals surface area contributed by atoms with Gasteiger partial charge in [-0.1, -0.05) is 26.7 Å². The van der Waals surface area contributed by atoms with E-state index >= 15 is 0 Å². The van der Waals surface area contributed by atoms with Crippen LogP contribution in [-0.4, -0.2) is 6.10 Å². The predicted octanol–water partition coefficient (Wildman–Crippen LogP) is 3.51. The van der Waals surface area contributed by atoms with Crippen LogP contribution in [0.5, 0.6) is 0 Å². The van der Waals surface area contributed by atoms with E-state index < -0.39 is 0 Å². The zero-order chi connectivity index (χ0) is 8.97. The van der Waals surface area contributed by atoms with Crippen LogP contribution in [0.15, 0.2) is 11.8 Å². The van der Waals surface area contributed by atoms with Gasteiger partial charge in [0, 0.05) is 0 Å². The fraction of sp³-hybridized carbons (Fsp3) is 0.818. The molecule has 1 nitrogen and oxygen atoms in total. The molecule has 0 aromatic heterocycles. The van der Waals surface area contributed by atoms with Gasteiger partial charge < -0.3 is 4.74 Å². The maximum absolute atomic E-state index is 5.60. The topological polar surface area (TPSA) is 9.23 Å². The van der Waals surface area contributed by atoms with Gasteiger partial charge in [0.05, 0.1) is 12.4 Å². The van der Waals surface area contributed by atoms with E-state index in [-0.39, 0.29) is 0 Å². The number of hydrogen-bond acceptors (Lipinski definition) is 1. The summed E-state index contributed by atoms with van der Waals surface area (Å²) >= 11 is 0. The highest BCUT2D eigenvalue weighted by Crippen LogP contribution is 2.25. The van der Waals surface area contributed by atoms with Gasteiger partial charge in [-0.3, -0.25) is 0 Å². The molecule has 1 rings (SSSR count). The van der Waals surface area contributed by atoms with Gasteiger partial charge in [0.25, 0.3) is 0 Å². The van der Waals surface area contributed by atoms with E-state index in [1.165, 1.54) is 31.3 Å². The average Bonchev–Trinajstić information content (AvgIpc) is 2.07. The first-order valence-corrected chi connectivity index (χ1v) is 5.06. The van der Waals surface area contributed by atoms with Gasteiger partial charge in [0.1, 0.15) is 0 Å². The molecule has 0 spiro atoms. The minimum Gasteiger partial charge on any atom is -0.498 e. The molecular weight excluding hydrogens is 148 g/mol. The summed E-state index contributed by atoms with van der Waals surface area (Å²) in [6.45, 7) is 6.67. The zero-order valence-electron chi connectivity index (χ0n) is 8.47. The van der Waals surface area contributed by atoms with E-state index in [4.69, 9.17) is 4.74 Å². The molecular formula is C11H20O. The third kappa shape index (κ3) is 2.54. The van der Waals surface area contributed by atoms with Crippen LogP contribution in [0.4, 0.5) is 0 Å². The monoisotopic (exact) mass is 168 g/mol. The van der Waals surface area contributed by atoms with Crippen molar-refractivity contribution in [2.45, 2.75) is 52.6 Å². The average molecular weight is 168 g/mol. The SMILES string of the molecule is CCCCC1CC(C)C(C)=CO1. The molecule has 0 saturated carbocycles. The van der Waals surface area contributed by atoms with Crippen LogP contribution >= 0.6 is 0 Å². The van der Waals surface area contributed by atoms with Crippen LogP contribution in [0.3, 0.4) is 0 Å². The minimum atomic E-state index is 0.489. The van der Waals surface area contributed by atoms with Crippen LogP contribution in [0, 0.1) is 5.92 Å². The summed E-state index contributed by atoms with van der Waals surface area (Å²) in [5.41, 5.74) is 1.39. The smallest absolute Gasteiger partial charge is 0.0984 e. The third-order valence-electron chi connectivity index (χ3n) is 2.72. The van der Waals surface area contributed by atoms with E-state index in [1.807, 2.05) is 6.26 Å². The van der Waals surface area contributed by atoms with Gasteiger partial charge in [-0.25, -0.2) is 0 Å². The summed E-state index contributed by atoms with van der Waals surface area (Å²) in [6.07, 6.45) is 7.45. The third-order valence-corrected chi connectivity index (χ3v) is 2.72. The molecule has 0 aromatic carbocycles. The fourth-order valence-corrected chi connectivity index (χ4v) is 1.57. The molecule has 2 unspecified atom stereocenters. The molecule has 0 bridgehead atoms. The summed E-state index contributed by atoms with van der Waals surface area (Å²) < 4.78 is 5.60. The molecule has 0 saturated heterocycles. The minimum absolute atomic E-state index is 0.489. The standard InChI is InChI=1S/C11H20O/c1-4-5-6-11-7-9(2)10(3)8-12-11/h8-9,11H,4-7H2,1-3H3. The quantitative estimate of drug-likeness (QED) is 0.626. The second kappa shape index (κ2) is 4.54. The molecule has 1 aliphatic rings. The first-order valence-electron chi connectivity index (χ1n) is 5.06. The number of rotatable bonds is 3. The highest BCUT2D eigenvalue weighted by atomic mass is 16.5. The van der Waals surface area contributed by atoms with Crippen molar-refractivity contribution in [3.63, 3.8) is 0 Å². The van der Waals surface area contributed by atoms with E-state index in [2.05, 4.69) is 20.8 Å². The largest absolute Gasteiger partial charge is 0.498 e.